The van der Waals surface area contributed by atoms with Crippen molar-refractivity contribution in [2.45, 2.75) is 6.61 Å². The summed E-state index contributed by atoms with van der Waals surface area (Å²) >= 11 is 5.82. The van der Waals surface area contributed by atoms with Gasteiger partial charge in [-0.25, -0.2) is 4.39 Å². The van der Waals surface area contributed by atoms with E-state index in [0.717, 1.165) is 12.1 Å². The van der Waals surface area contributed by atoms with Crippen LogP contribution >= 0.6 is 11.6 Å². The van der Waals surface area contributed by atoms with Gasteiger partial charge in [0.15, 0.2) is 11.5 Å². The van der Waals surface area contributed by atoms with Crippen LogP contribution in [0, 0.1) is 5.82 Å². The monoisotopic (exact) mass is 371 g/mol. The van der Waals surface area contributed by atoms with E-state index >= 15 is 0 Å². The van der Waals surface area contributed by atoms with Crippen LogP contribution in [0.1, 0.15) is 5.56 Å². The van der Waals surface area contributed by atoms with Crippen LogP contribution in [0.15, 0.2) is 42.5 Å². The number of carbonyl (C=O) groups excluding carboxylic acids is 1. The van der Waals surface area contributed by atoms with Crippen LogP contribution < -0.4 is 14.8 Å². The minimum absolute atomic E-state index is 0.0666. The summed E-state index contributed by atoms with van der Waals surface area (Å²) in [4.78, 5) is 11.9. The van der Waals surface area contributed by atoms with Crippen LogP contribution in [0.3, 0.4) is 0 Å². The SMILES string of the molecule is COc1cc(/C=C/C(=O)Nc2ccc(F)cc2Cl)ccc1OC(F)F. The molecule has 2 aromatic carbocycles. The van der Waals surface area contributed by atoms with Crippen molar-refractivity contribution in [2.24, 2.45) is 0 Å². The Morgan fingerprint density at radius 3 is 2.60 bits per heavy atom. The molecule has 0 aliphatic carbocycles. The molecule has 0 aliphatic rings. The molecule has 1 N–H and O–H groups in total. The van der Waals surface area contributed by atoms with Gasteiger partial charge in [0.05, 0.1) is 17.8 Å². The summed E-state index contributed by atoms with van der Waals surface area (Å²) in [7, 11) is 1.31. The zero-order chi connectivity index (χ0) is 18.4. The number of amides is 1. The summed E-state index contributed by atoms with van der Waals surface area (Å²) in [5.41, 5.74) is 0.787. The van der Waals surface area contributed by atoms with Crippen molar-refractivity contribution in [1.29, 1.82) is 0 Å². The summed E-state index contributed by atoms with van der Waals surface area (Å²) in [6.07, 6.45) is 2.66. The normalized spacial score (nSPS) is 11.0. The zero-order valence-corrected chi connectivity index (χ0v) is 13.7. The van der Waals surface area contributed by atoms with Gasteiger partial charge in [0.2, 0.25) is 5.91 Å². The number of nitrogens with one attached hydrogen (secondary N) is 1. The van der Waals surface area contributed by atoms with E-state index in [-0.39, 0.29) is 22.2 Å². The molecular formula is C17H13ClF3NO3. The maximum absolute atomic E-state index is 13.0. The number of benzene rings is 2. The minimum atomic E-state index is -2.97. The van der Waals surface area contributed by atoms with Crippen molar-refractivity contribution in [3.63, 3.8) is 0 Å². The first-order valence-electron chi connectivity index (χ1n) is 6.96. The number of hydrogen-bond donors (Lipinski definition) is 1. The number of hydrogen-bond acceptors (Lipinski definition) is 3. The van der Waals surface area contributed by atoms with Gasteiger partial charge in [-0.3, -0.25) is 4.79 Å². The smallest absolute Gasteiger partial charge is 0.387 e. The largest absolute Gasteiger partial charge is 0.493 e. The van der Waals surface area contributed by atoms with Gasteiger partial charge < -0.3 is 14.8 Å². The fourth-order valence-corrected chi connectivity index (χ4v) is 2.13. The second kappa shape index (κ2) is 8.43. The van der Waals surface area contributed by atoms with Crippen molar-refractivity contribution in [3.05, 3.63) is 58.9 Å². The molecular weight excluding hydrogens is 359 g/mol. The van der Waals surface area contributed by atoms with Crippen LogP contribution in [0.4, 0.5) is 18.9 Å². The molecule has 0 saturated heterocycles. The summed E-state index contributed by atoms with van der Waals surface area (Å²) in [5.74, 6) is -1.03. The molecule has 0 aromatic heterocycles. The average molecular weight is 372 g/mol. The van der Waals surface area contributed by atoms with Crippen molar-refractivity contribution < 1.29 is 27.4 Å². The van der Waals surface area contributed by atoms with Crippen molar-refractivity contribution in [1.82, 2.24) is 0 Å². The molecule has 25 heavy (non-hydrogen) atoms. The number of halogens is 4. The van der Waals surface area contributed by atoms with Gasteiger partial charge >= 0.3 is 6.61 Å². The van der Waals surface area contributed by atoms with Crippen LogP contribution in [-0.2, 0) is 4.79 Å². The van der Waals surface area contributed by atoms with Gasteiger partial charge in [-0.05, 0) is 42.0 Å². The molecule has 0 bridgehead atoms. The highest BCUT2D eigenvalue weighted by Gasteiger charge is 2.10. The molecule has 4 nitrogen and oxygen atoms in total. The number of methoxy groups -OCH3 is 1. The Kier molecular flexibility index (Phi) is 6.30. The topological polar surface area (TPSA) is 47.6 Å². The van der Waals surface area contributed by atoms with Crippen LogP contribution in [0.5, 0.6) is 11.5 Å². The highest BCUT2D eigenvalue weighted by atomic mass is 35.5. The first kappa shape index (κ1) is 18.7. The Labute approximate surface area is 146 Å². The van der Waals surface area contributed by atoms with Gasteiger partial charge in [0, 0.05) is 6.08 Å². The van der Waals surface area contributed by atoms with Gasteiger partial charge in [-0.2, -0.15) is 8.78 Å². The third kappa shape index (κ3) is 5.42. The predicted octanol–water partition coefficient (Wildman–Crippen LogP) is 4.74. The number of ether oxygens (including phenoxy) is 2. The quantitative estimate of drug-likeness (QED) is 0.746. The second-order valence-electron chi connectivity index (χ2n) is 4.74. The maximum Gasteiger partial charge on any atom is 0.387 e. The molecule has 132 valence electrons. The second-order valence-corrected chi connectivity index (χ2v) is 5.14. The van der Waals surface area contributed by atoms with E-state index in [0.29, 0.717) is 5.56 Å². The van der Waals surface area contributed by atoms with Gasteiger partial charge in [0.25, 0.3) is 0 Å². The fourth-order valence-electron chi connectivity index (χ4n) is 1.92. The van der Waals surface area contributed by atoms with Crippen LogP contribution in [0.25, 0.3) is 6.08 Å². The van der Waals surface area contributed by atoms with E-state index in [1.165, 1.54) is 43.5 Å². The zero-order valence-electron chi connectivity index (χ0n) is 12.9. The summed E-state index contributed by atoms with van der Waals surface area (Å²) in [5, 5.41) is 2.56. The summed E-state index contributed by atoms with van der Waals surface area (Å²) in [6.45, 7) is -2.97. The molecule has 2 rings (SSSR count). The Hall–Kier alpha value is -2.67. The van der Waals surface area contributed by atoms with E-state index in [1.807, 2.05) is 0 Å². The minimum Gasteiger partial charge on any atom is -0.493 e. The van der Waals surface area contributed by atoms with Crippen molar-refractivity contribution >= 4 is 29.3 Å². The van der Waals surface area contributed by atoms with Crippen LogP contribution in [-0.4, -0.2) is 19.6 Å². The fraction of sp³-hybridized carbons (Fsp3) is 0.118. The maximum atomic E-state index is 13.0. The molecule has 0 atom stereocenters. The van der Waals surface area contributed by atoms with Gasteiger partial charge in [-0.15, -0.1) is 0 Å². The molecule has 0 fully saturated rings. The van der Waals surface area contributed by atoms with E-state index in [4.69, 9.17) is 16.3 Å². The predicted molar refractivity (Wildman–Crippen MR) is 88.7 cm³/mol. The molecule has 0 spiro atoms. The lowest BCUT2D eigenvalue weighted by atomic mass is 10.2. The Balaban J connectivity index is 2.08. The highest BCUT2D eigenvalue weighted by molar-refractivity contribution is 6.33. The Morgan fingerprint density at radius 1 is 1.20 bits per heavy atom. The van der Waals surface area contributed by atoms with Crippen molar-refractivity contribution in [3.8, 4) is 11.5 Å². The first-order valence-corrected chi connectivity index (χ1v) is 7.34. The lowest BCUT2D eigenvalue weighted by molar-refractivity contribution is -0.111. The van der Waals surface area contributed by atoms with E-state index < -0.39 is 18.3 Å². The molecule has 2 aromatic rings. The molecule has 0 aliphatic heterocycles. The molecule has 0 unspecified atom stereocenters. The molecule has 0 heterocycles. The summed E-state index contributed by atoms with van der Waals surface area (Å²) < 4.78 is 46.8. The third-order valence-electron chi connectivity index (χ3n) is 3.02. The number of alkyl halides is 2. The number of anilines is 1. The standard InChI is InChI=1S/C17H13ClF3NO3/c1-24-15-8-10(2-6-14(15)25-17(20)21)3-7-16(23)22-13-5-4-11(19)9-12(13)18/h2-9,17H,1H3,(H,22,23)/b7-3+. The number of carbonyl (C=O) groups is 1. The first-order chi connectivity index (χ1) is 11.9. The summed E-state index contributed by atoms with van der Waals surface area (Å²) in [6, 6.07) is 7.80. The Morgan fingerprint density at radius 2 is 1.96 bits per heavy atom. The lowest BCUT2D eigenvalue weighted by Gasteiger charge is -2.10. The average Bonchev–Trinajstić information content (AvgIpc) is 2.56. The number of rotatable bonds is 6. The van der Waals surface area contributed by atoms with Crippen LogP contribution in [0.2, 0.25) is 5.02 Å². The van der Waals surface area contributed by atoms with E-state index in [1.54, 1.807) is 0 Å². The van der Waals surface area contributed by atoms with Gasteiger partial charge in [-0.1, -0.05) is 17.7 Å². The van der Waals surface area contributed by atoms with E-state index in [2.05, 4.69) is 10.1 Å². The molecule has 0 saturated carbocycles. The molecule has 0 radical (unpaired) electrons. The highest BCUT2D eigenvalue weighted by Crippen LogP contribution is 2.30. The Bertz CT molecular complexity index is 797. The molecule has 1 amide bonds. The van der Waals surface area contributed by atoms with Crippen molar-refractivity contribution in [2.75, 3.05) is 12.4 Å². The lowest BCUT2D eigenvalue weighted by Crippen LogP contribution is -2.08. The third-order valence-corrected chi connectivity index (χ3v) is 3.33. The van der Waals surface area contributed by atoms with E-state index in [9.17, 15) is 18.0 Å². The van der Waals surface area contributed by atoms with Gasteiger partial charge in [0.1, 0.15) is 5.82 Å². The molecule has 8 heteroatoms.